The van der Waals surface area contributed by atoms with Crippen LogP contribution in [0.2, 0.25) is 0 Å². The average molecular weight is 564 g/mol. The largest absolute Gasteiger partial charge is 0.508 e. The van der Waals surface area contributed by atoms with Gasteiger partial charge in [0.15, 0.2) is 17.8 Å². The van der Waals surface area contributed by atoms with Crippen molar-refractivity contribution in [1.82, 2.24) is 0 Å². The highest BCUT2D eigenvalue weighted by Gasteiger charge is 2.53. The minimum atomic E-state index is -2.04. The van der Waals surface area contributed by atoms with E-state index in [0.717, 1.165) is 6.07 Å². The van der Waals surface area contributed by atoms with Gasteiger partial charge in [0.1, 0.15) is 64.0 Å². The summed E-state index contributed by atoms with van der Waals surface area (Å²) in [5, 5.41) is 80.7. The summed E-state index contributed by atoms with van der Waals surface area (Å²) in [7, 11) is 0. The van der Waals surface area contributed by atoms with Crippen molar-refractivity contribution >= 4 is 11.0 Å². The lowest BCUT2D eigenvalue weighted by molar-refractivity contribution is -0.318. The average Bonchev–Trinajstić information content (AvgIpc) is 3.21. The molecule has 0 radical (unpaired) electrons. The highest BCUT2D eigenvalue weighted by molar-refractivity contribution is 5.86. The number of ether oxygens (including phenoxy) is 4. The maximum Gasteiger partial charge on any atom is 0.229 e. The Morgan fingerprint density at radius 2 is 1.70 bits per heavy atom. The Labute approximate surface area is 225 Å². The molecule has 40 heavy (non-hydrogen) atoms. The number of aliphatic hydroxyl groups excluding tert-OH is 5. The van der Waals surface area contributed by atoms with E-state index in [0.29, 0.717) is 5.56 Å². The van der Waals surface area contributed by atoms with E-state index in [4.69, 9.17) is 23.4 Å². The molecule has 0 spiro atoms. The van der Waals surface area contributed by atoms with E-state index in [1.165, 1.54) is 36.4 Å². The Bertz CT molecular complexity index is 1410. The van der Waals surface area contributed by atoms with E-state index in [2.05, 4.69) is 0 Å². The summed E-state index contributed by atoms with van der Waals surface area (Å²) in [6.07, 6.45) is -11.2. The fourth-order valence-electron chi connectivity index (χ4n) is 4.57. The topological polar surface area (TPSA) is 229 Å². The predicted molar refractivity (Wildman–Crippen MR) is 132 cm³/mol. The summed E-state index contributed by atoms with van der Waals surface area (Å²) >= 11 is 0. The number of benzene rings is 2. The zero-order chi connectivity index (χ0) is 28.8. The van der Waals surface area contributed by atoms with Crippen LogP contribution in [0.15, 0.2) is 51.7 Å². The fourth-order valence-corrected chi connectivity index (χ4v) is 4.57. The smallest absolute Gasteiger partial charge is 0.229 e. The molecule has 0 aliphatic carbocycles. The molecule has 0 saturated carbocycles. The molecule has 1 aromatic heterocycles. The van der Waals surface area contributed by atoms with Crippen molar-refractivity contribution in [3.8, 4) is 28.6 Å². The summed E-state index contributed by atoms with van der Waals surface area (Å²) in [6.45, 7) is -2.06. The third-order valence-corrected chi connectivity index (χ3v) is 6.88. The Morgan fingerprint density at radius 3 is 2.35 bits per heavy atom. The van der Waals surface area contributed by atoms with Crippen LogP contribution in [0.25, 0.3) is 22.3 Å². The maximum atomic E-state index is 12.8. The van der Waals surface area contributed by atoms with E-state index in [-0.39, 0.29) is 28.2 Å². The summed E-state index contributed by atoms with van der Waals surface area (Å²) in [5.74, 6) is -0.496. The van der Waals surface area contributed by atoms with Crippen LogP contribution in [-0.4, -0.2) is 109 Å². The van der Waals surface area contributed by atoms with Crippen molar-refractivity contribution in [2.75, 3.05) is 19.8 Å². The quantitative estimate of drug-likeness (QED) is 0.164. The molecule has 2 aliphatic heterocycles. The molecule has 2 saturated heterocycles. The van der Waals surface area contributed by atoms with E-state index in [9.17, 15) is 45.6 Å². The van der Waals surface area contributed by atoms with Crippen molar-refractivity contribution in [3.05, 3.63) is 52.7 Å². The van der Waals surface area contributed by atoms with Crippen molar-refractivity contribution in [3.63, 3.8) is 0 Å². The molecule has 2 aliphatic rings. The van der Waals surface area contributed by atoms with Gasteiger partial charge in [-0.25, -0.2) is 0 Å². The number of rotatable bonds is 7. The zero-order valence-corrected chi connectivity index (χ0v) is 20.7. The van der Waals surface area contributed by atoms with Crippen molar-refractivity contribution in [1.29, 1.82) is 0 Å². The van der Waals surface area contributed by atoms with Crippen LogP contribution in [0, 0.1) is 0 Å². The molecule has 0 bridgehead atoms. The summed E-state index contributed by atoms with van der Waals surface area (Å²) in [5.41, 5.74) is -2.22. The van der Waals surface area contributed by atoms with Gasteiger partial charge in [-0.15, -0.1) is 0 Å². The van der Waals surface area contributed by atoms with Crippen LogP contribution < -0.4 is 10.2 Å². The van der Waals surface area contributed by atoms with Crippen LogP contribution in [0.3, 0.4) is 0 Å². The number of hydrogen-bond acceptors (Lipinski definition) is 14. The summed E-state index contributed by atoms with van der Waals surface area (Å²) in [6, 6.07) is 9.37. The second-order valence-corrected chi connectivity index (χ2v) is 9.65. The molecule has 8 N–H and O–H groups in total. The Hall–Kier alpha value is -3.31. The lowest BCUT2D eigenvalue weighted by atomic mass is 9.98. The number of phenols is 2. The standard InChI is InChI=1S/C26H28O14/c27-8-18-20(32)21(33)22(40-25-23(34)26(35,9-28)10-36-25)24(39-18)37-13-5-14(30)19-15(31)7-16(38-17(19)6-13)11-1-3-12(29)4-2-11/h1-7,18,20-25,27-30,32-35H,8-10H2/t18-,20-,21-,22-,23-,24-,25+,26+/m1/s1. The van der Waals surface area contributed by atoms with Gasteiger partial charge in [0.25, 0.3) is 0 Å². The first-order valence-corrected chi connectivity index (χ1v) is 12.2. The highest BCUT2D eigenvalue weighted by atomic mass is 16.8. The first-order valence-electron chi connectivity index (χ1n) is 12.2. The molecule has 0 unspecified atom stereocenters. The number of hydrogen-bond donors (Lipinski definition) is 8. The molecule has 2 aromatic carbocycles. The van der Waals surface area contributed by atoms with Crippen LogP contribution in [0.5, 0.6) is 17.2 Å². The molecule has 0 amide bonds. The minimum Gasteiger partial charge on any atom is -0.508 e. The number of aliphatic hydroxyl groups is 6. The van der Waals surface area contributed by atoms with Gasteiger partial charge in [0.2, 0.25) is 6.29 Å². The molecule has 216 valence electrons. The first kappa shape index (κ1) is 28.2. The van der Waals surface area contributed by atoms with E-state index < -0.39 is 79.7 Å². The van der Waals surface area contributed by atoms with Crippen molar-refractivity contribution in [2.24, 2.45) is 0 Å². The van der Waals surface area contributed by atoms with Crippen LogP contribution in [-0.2, 0) is 14.2 Å². The summed E-state index contributed by atoms with van der Waals surface area (Å²) < 4.78 is 28.0. The lowest BCUT2D eigenvalue weighted by Gasteiger charge is -2.42. The molecular weight excluding hydrogens is 536 g/mol. The zero-order valence-electron chi connectivity index (χ0n) is 20.7. The van der Waals surface area contributed by atoms with Crippen LogP contribution in [0.4, 0.5) is 0 Å². The van der Waals surface area contributed by atoms with Crippen molar-refractivity contribution < 1.29 is 64.2 Å². The lowest BCUT2D eigenvalue weighted by Crippen LogP contribution is -2.62. The third kappa shape index (κ3) is 5.12. The molecule has 2 fully saturated rings. The van der Waals surface area contributed by atoms with Crippen LogP contribution in [0.1, 0.15) is 0 Å². The van der Waals surface area contributed by atoms with E-state index in [1.54, 1.807) is 0 Å². The summed E-state index contributed by atoms with van der Waals surface area (Å²) in [4.78, 5) is 12.8. The third-order valence-electron chi connectivity index (χ3n) is 6.88. The molecule has 3 aromatic rings. The Balaban J connectivity index is 1.47. The maximum absolute atomic E-state index is 12.8. The fraction of sp³-hybridized carbons (Fsp3) is 0.423. The Morgan fingerprint density at radius 1 is 0.975 bits per heavy atom. The minimum absolute atomic E-state index is 0.00882. The monoisotopic (exact) mass is 564 g/mol. The molecule has 5 rings (SSSR count). The molecule has 14 nitrogen and oxygen atoms in total. The highest BCUT2D eigenvalue weighted by Crippen LogP contribution is 2.35. The molecular formula is C26H28O14. The van der Waals surface area contributed by atoms with Gasteiger partial charge >= 0.3 is 0 Å². The Kier molecular flexibility index (Phi) is 7.71. The SMILES string of the molecule is O=c1cc(-c2ccc(O)cc2)oc2cc(O[C@@H]3O[C@H](CO)[C@@H](O)[C@@H](O)[C@H]3O[C@@H]3OC[C@@](O)(CO)[C@@H]3O)cc(O)c12. The number of aromatic hydroxyl groups is 2. The van der Waals surface area contributed by atoms with E-state index >= 15 is 0 Å². The molecule has 3 heterocycles. The molecule has 14 heteroatoms. The van der Waals surface area contributed by atoms with Crippen LogP contribution >= 0.6 is 0 Å². The van der Waals surface area contributed by atoms with Gasteiger partial charge in [-0.3, -0.25) is 4.79 Å². The van der Waals surface area contributed by atoms with Gasteiger partial charge in [-0.2, -0.15) is 0 Å². The predicted octanol–water partition coefficient (Wildman–Crippen LogP) is -1.49. The van der Waals surface area contributed by atoms with Gasteiger partial charge in [-0.05, 0) is 24.3 Å². The van der Waals surface area contributed by atoms with E-state index in [1.807, 2.05) is 0 Å². The van der Waals surface area contributed by atoms with Gasteiger partial charge in [0.05, 0.1) is 19.8 Å². The van der Waals surface area contributed by atoms with Gasteiger partial charge in [-0.1, -0.05) is 0 Å². The number of fused-ring (bicyclic) bond motifs is 1. The number of phenolic OH excluding ortho intramolecular Hbond substituents is 2. The van der Waals surface area contributed by atoms with Gasteiger partial charge in [0, 0.05) is 23.8 Å². The first-order chi connectivity index (χ1) is 19.0. The molecule has 8 atom stereocenters. The van der Waals surface area contributed by atoms with Gasteiger partial charge < -0.3 is 64.2 Å². The normalized spacial score (nSPS) is 32.4. The van der Waals surface area contributed by atoms with Crippen molar-refractivity contribution in [2.45, 2.75) is 48.7 Å². The second kappa shape index (κ2) is 10.9. The second-order valence-electron chi connectivity index (χ2n) is 9.65.